The topological polar surface area (TPSA) is 84.1 Å². The predicted molar refractivity (Wildman–Crippen MR) is 111 cm³/mol. The number of piperidine rings is 1. The second-order valence-electron chi connectivity index (χ2n) is 7.08. The van der Waals surface area contributed by atoms with Crippen molar-refractivity contribution in [1.82, 2.24) is 9.97 Å². The Balaban J connectivity index is 1.58. The van der Waals surface area contributed by atoms with Gasteiger partial charge in [0.2, 0.25) is 0 Å². The highest BCUT2D eigenvalue weighted by atomic mass is 19.1. The van der Waals surface area contributed by atoms with Crippen LogP contribution in [0.2, 0.25) is 0 Å². The van der Waals surface area contributed by atoms with E-state index in [4.69, 9.17) is 5.73 Å². The zero-order valence-electron chi connectivity index (χ0n) is 15.9. The van der Waals surface area contributed by atoms with Crippen LogP contribution in [0.5, 0.6) is 0 Å². The summed E-state index contributed by atoms with van der Waals surface area (Å²) in [5.74, 6) is -0.757. The number of carbonyl (C=O) groups is 1. The highest BCUT2D eigenvalue weighted by Gasteiger charge is 2.20. The summed E-state index contributed by atoms with van der Waals surface area (Å²) >= 11 is 0. The lowest BCUT2D eigenvalue weighted by Crippen LogP contribution is -2.43. The van der Waals surface area contributed by atoms with Crippen LogP contribution in [0.15, 0.2) is 60.9 Å². The number of halogens is 1. The Kier molecular flexibility index (Phi) is 5.48. The molecule has 1 saturated heterocycles. The summed E-state index contributed by atoms with van der Waals surface area (Å²) in [5.41, 5.74) is 8.55. The second-order valence-corrected chi connectivity index (χ2v) is 7.08. The number of carbonyl (C=O) groups excluding carboxylic acids is 1. The molecule has 0 saturated carbocycles. The molecule has 4 rings (SSSR count). The molecule has 1 aliphatic rings. The van der Waals surface area contributed by atoms with Crippen molar-refractivity contribution in [2.24, 2.45) is 5.73 Å². The Labute approximate surface area is 168 Å². The number of benzene rings is 1. The maximum absolute atomic E-state index is 14.1. The van der Waals surface area contributed by atoms with Gasteiger partial charge in [-0.2, -0.15) is 0 Å². The number of nitrogens with zero attached hydrogens (tertiary/aromatic N) is 3. The largest absolute Gasteiger partial charge is 0.368 e. The normalized spacial score (nSPS) is 16.5. The van der Waals surface area contributed by atoms with Gasteiger partial charge in [-0.05, 0) is 43.2 Å². The summed E-state index contributed by atoms with van der Waals surface area (Å²) in [4.78, 5) is 23.5. The van der Waals surface area contributed by atoms with Crippen LogP contribution in [0.3, 0.4) is 0 Å². The van der Waals surface area contributed by atoms with Gasteiger partial charge in [0.25, 0.3) is 5.91 Å². The average molecular weight is 391 g/mol. The molecule has 0 unspecified atom stereocenters. The third-order valence-electron chi connectivity index (χ3n) is 4.98. The molecular formula is C22H22FN5O. The standard InChI is InChI=1S/C22H22FN5O/c23-17-7-2-1-6-16(17)18-8-3-9-19(26-18)22(29)27-20-13-25-11-10-21(20)28-12-4-5-15(24)14-28/h1-3,6-11,13,15H,4-5,12,14,24H2,(H,27,29)/t15-/m0/s1. The molecule has 0 aliphatic carbocycles. The molecule has 1 fully saturated rings. The van der Waals surface area contributed by atoms with Crippen LogP contribution in [0.25, 0.3) is 11.3 Å². The number of rotatable bonds is 4. The molecule has 6 nitrogen and oxygen atoms in total. The van der Waals surface area contributed by atoms with Crippen molar-refractivity contribution < 1.29 is 9.18 Å². The lowest BCUT2D eigenvalue weighted by molar-refractivity contribution is 0.102. The monoisotopic (exact) mass is 391 g/mol. The smallest absolute Gasteiger partial charge is 0.274 e. The zero-order chi connectivity index (χ0) is 20.2. The molecule has 2 aromatic heterocycles. The molecule has 29 heavy (non-hydrogen) atoms. The van der Waals surface area contributed by atoms with Gasteiger partial charge in [-0.1, -0.05) is 18.2 Å². The lowest BCUT2D eigenvalue weighted by Gasteiger charge is -2.33. The van der Waals surface area contributed by atoms with E-state index in [1.54, 1.807) is 48.8 Å². The van der Waals surface area contributed by atoms with Gasteiger partial charge in [-0.25, -0.2) is 9.37 Å². The first-order chi connectivity index (χ1) is 14.1. The van der Waals surface area contributed by atoms with Gasteiger partial charge in [0.05, 0.1) is 23.3 Å². The second kappa shape index (κ2) is 8.36. The summed E-state index contributed by atoms with van der Waals surface area (Å²) in [6.07, 6.45) is 5.31. The van der Waals surface area contributed by atoms with Gasteiger partial charge in [0.1, 0.15) is 11.5 Å². The van der Waals surface area contributed by atoms with E-state index < -0.39 is 0 Å². The van der Waals surface area contributed by atoms with Crippen molar-refractivity contribution in [2.45, 2.75) is 18.9 Å². The number of nitrogens with two attached hydrogens (primary N) is 1. The van der Waals surface area contributed by atoms with Gasteiger partial charge in [0, 0.05) is 30.9 Å². The molecule has 0 radical (unpaired) electrons. The molecule has 1 atom stereocenters. The molecule has 3 aromatic rings. The fourth-order valence-electron chi connectivity index (χ4n) is 3.55. The summed E-state index contributed by atoms with van der Waals surface area (Å²) in [6.45, 7) is 1.61. The van der Waals surface area contributed by atoms with Crippen molar-refractivity contribution >= 4 is 17.3 Å². The van der Waals surface area contributed by atoms with E-state index in [1.165, 1.54) is 6.07 Å². The quantitative estimate of drug-likeness (QED) is 0.712. The number of aromatic nitrogens is 2. The molecule has 148 valence electrons. The van der Waals surface area contributed by atoms with Crippen LogP contribution in [0.1, 0.15) is 23.3 Å². The number of hydrogen-bond acceptors (Lipinski definition) is 5. The van der Waals surface area contributed by atoms with E-state index >= 15 is 0 Å². The lowest BCUT2D eigenvalue weighted by atomic mass is 10.1. The number of anilines is 2. The first kappa shape index (κ1) is 19.0. The van der Waals surface area contributed by atoms with Gasteiger partial charge in [0.15, 0.2) is 0 Å². The summed E-state index contributed by atoms with van der Waals surface area (Å²) in [7, 11) is 0. The number of pyridine rings is 2. The van der Waals surface area contributed by atoms with E-state index in [0.29, 0.717) is 16.9 Å². The van der Waals surface area contributed by atoms with Crippen LogP contribution in [0, 0.1) is 5.82 Å². The fraction of sp³-hybridized carbons (Fsp3) is 0.227. The Morgan fingerprint density at radius 1 is 1.17 bits per heavy atom. The number of hydrogen-bond donors (Lipinski definition) is 2. The number of amides is 1. The third-order valence-corrected chi connectivity index (χ3v) is 4.98. The molecule has 0 spiro atoms. The summed E-state index contributed by atoms with van der Waals surface area (Å²) < 4.78 is 14.1. The van der Waals surface area contributed by atoms with E-state index in [0.717, 1.165) is 31.6 Å². The van der Waals surface area contributed by atoms with Crippen LogP contribution in [0.4, 0.5) is 15.8 Å². The van der Waals surface area contributed by atoms with E-state index in [9.17, 15) is 9.18 Å². The highest BCUT2D eigenvalue weighted by Crippen LogP contribution is 2.28. The van der Waals surface area contributed by atoms with E-state index in [2.05, 4.69) is 20.2 Å². The fourth-order valence-corrected chi connectivity index (χ4v) is 3.55. The van der Waals surface area contributed by atoms with Crippen molar-refractivity contribution in [3.63, 3.8) is 0 Å². The van der Waals surface area contributed by atoms with Crippen molar-refractivity contribution in [3.8, 4) is 11.3 Å². The molecule has 3 N–H and O–H groups in total. The van der Waals surface area contributed by atoms with Crippen LogP contribution < -0.4 is 16.0 Å². The Bertz CT molecular complexity index is 1030. The minimum Gasteiger partial charge on any atom is -0.368 e. The molecule has 1 aromatic carbocycles. The molecule has 1 amide bonds. The molecular weight excluding hydrogens is 369 g/mol. The van der Waals surface area contributed by atoms with Crippen molar-refractivity contribution in [2.75, 3.05) is 23.3 Å². The highest BCUT2D eigenvalue weighted by molar-refractivity contribution is 6.04. The molecule has 7 heteroatoms. The zero-order valence-corrected chi connectivity index (χ0v) is 15.9. The Morgan fingerprint density at radius 2 is 2.03 bits per heavy atom. The Morgan fingerprint density at radius 3 is 2.86 bits per heavy atom. The SMILES string of the molecule is N[C@H]1CCCN(c2ccncc2NC(=O)c2cccc(-c3ccccc3F)n2)C1. The average Bonchev–Trinajstić information content (AvgIpc) is 2.74. The molecule has 3 heterocycles. The van der Waals surface area contributed by atoms with Crippen molar-refractivity contribution in [1.29, 1.82) is 0 Å². The van der Waals surface area contributed by atoms with E-state index in [1.807, 2.05) is 6.07 Å². The van der Waals surface area contributed by atoms with Crippen LogP contribution >= 0.6 is 0 Å². The third kappa shape index (κ3) is 4.25. The van der Waals surface area contributed by atoms with Gasteiger partial charge in [-0.15, -0.1) is 0 Å². The van der Waals surface area contributed by atoms with Crippen LogP contribution in [-0.4, -0.2) is 35.0 Å². The predicted octanol–water partition coefficient (Wildman–Crippen LogP) is 3.46. The number of nitrogens with one attached hydrogen (secondary N) is 1. The van der Waals surface area contributed by atoms with E-state index in [-0.39, 0.29) is 23.5 Å². The van der Waals surface area contributed by atoms with Crippen molar-refractivity contribution in [3.05, 3.63) is 72.4 Å². The first-order valence-corrected chi connectivity index (χ1v) is 9.59. The van der Waals surface area contributed by atoms with Gasteiger partial charge < -0.3 is 16.0 Å². The minimum absolute atomic E-state index is 0.111. The molecule has 0 bridgehead atoms. The summed E-state index contributed by atoms with van der Waals surface area (Å²) in [5, 5.41) is 2.89. The van der Waals surface area contributed by atoms with Gasteiger partial charge in [-0.3, -0.25) is 9.78 Å². The Hall–Kier alpha value is -3.32. The first-order valence-electron chi connectivity index (χ1n) is 9.59. The minimum atomic E-state index is -0.381. The molecule has 1 aliphatic heterocycles. The summed E-state index contributed by atoms with van der Waals surface area (Å²) in [6, 6.07) is 13.3. The maximum atomic E-state index is 14.1. The van der Waals surface area contributed by atoms with Crippen LogP contribution in [-0.2, 0) is 0 Å². The van der Waals surface area contributed by atoms with Gasteiger partial charge >= 0.3 is 0 Å². The maximum Gasteiger partial charge on any atom is 0.274 e.